The number of nitrogens with zero attached hydrogens (tertiary/aromatic N) is 3. The molecule has 0 saturated carbocycles. The highest BCUT2D eigenvalue weighted by Gasteiger charge is 2.11. The molecule has 0 unspecified atom stereocenters. The van der Waals surface area contributed by atoms with Crippen molar-refractivity contribution in [3.05, 3.63) is 48.3 Å². The minimum atomic E-state index is 0. The van der Waals surface area contributed by atoms with Crippen molar-refractivity contribution in [3.63, 3.8) is 0 Å². The second-order valence-electron chi connectivity index (χ2n) is 5.51. The van der Waals surface area contributed by atoms with E-state index in [0.717, 1.165) is 42.3 Å². The van der Waals surface area contributed by atoms with Crippen molar-refractivity contribution in [2.75, 3.05) is 6.54 Å². The molecule has 0 fully saturated rings. The molecule has 1 aromatic heterocycles. The van der Waals surface area contributed by atoms with E-state index in [9.17, 15) is 0 Å². The minimum absolute atomic E-state index is 0. The first-order chi connectivity index (χ1) is 11.3. The predicted octanol–water partition coefficient (Wildman–Crippen LogP) is 2.86. The van der Waals surface area contributed by atoms with Crippen molar-refractivity contribution in [2.45, 2.75) is 32.4 Å². The maximum absolute atomic E-state index is 4.69. The van der Waals surface area contributed by atoms with E-state index in [2.05, 4.69) is 57.0 Å². The summed E-state index contributed by atoms with van der Waals surface area (Å²) in [4.78, 5) is 8.88. The first kappa shape index (κ1) is 18.4. The number of rotatable bonds is 5. The van der Waals surface area contributed by atoms with E-state index >= 15 is 0 Å². The predicted molar refractivity (Wildman–Crippen MR) is 107 cm³/mol. The molecule has 1 aromatic carbocycles. The summed E-state index contributed by atoms with van der Waals surface area (Å²) in [5.41, 5.74) is 2.16. The monoisotopic (exact) mass is 438 g/mol. The Hall–Kier alpha value is -1.90. The number of hydrogen-bond acceptors (Lipinski definition) is 3. The normalized spacial score (nSPS) is 14.5. The molecule has 1 aliphatic rings. The molecule has 3 rings (SSSR count). The number of halogens is 1. The van der Waals surface area contributed by atoms with Crippen LogP contribution >= 0.6 is 24.0 Å². The molecule has 1 heterocycles. The highest BCUT2D eigenvalue weighted by Crippen LogP contribution is 2.16. The fourth-order valence-electron chi connectivity index (χ4n) is 2.58. The van der Waals surface area contributed by atoms with E-state index in [1.807, 2.05) is 12.1 Å². The molecule has 2 aromatic rings. The summed E-state index contributed by atoms with van der Waals surface area (Å²) in [5, 5.41) is 13.6. The van der Waals surface area contributed by atoms with Gasteiger partial charge in [0.05, 0.1) is 6.54 Å². The van der Waals surface area contributed by atoms with Gasteiger partial charge in [-0.15, -0.1) is 24.0 Å². The Labute approximate surface area is 159 Å². The van der Waals surface area contributed by atoms with Gasteiger partial charge in [-0.3, -0.25) is 5.10 Å². The third-order valence-electron chi connectivity index (χ3n) is 3.73. The zero-order valence-electron chi connectivity index (χ0n) is 13.7. The van der Waals surface area contributed by atoms with Crippen LogP contribution in [0, 0.1) is 0 Å². The summed E-state index contributed by atoms with van der Waals surface area (Å²) >= 11 is 0. The van der Waals surface area contributed by atoms with Crippen molar-refractivity contribution >= 4 is 29.9 Å². The van der Waals surface area contributed by atoms with Crippen LogP contribution in [0.15, 0.2) is 47.7 Å². The van der Waals surface area contributed by atoms with Crippen LogP contribution in [0.3, 0.4) is 0 Å². The zero-order valence-corrected chi connectivity index (χ0v) is 16.0. The second kappa shape index (κ2) is 9.41. The number of aromatic nitrogens is 3. The maximum Gasteiger partial charge on any atom is 0.191 e. The molecule has 7 heteroatoms. The molecular formula is C17H23IN6. The summed E-state index contributed by atoms with van der Waals surface area (Å²) in [7, 11) is 0. The van der Waals surface area contributed by atoms with E-state index in [4.69, 9.17) is 4.99 Å². The molecule has 0 spiro atoms. The zero-order chi connectivity index (χ0) is 15.9. The summed E-state index contributed by atoms with van der Waals surface area (Å²) in [6.07, 6.45) is 8.06. The summed E-state index contributed by atoms with van der Waals surface area (Å²) in [6, 6.07) is 8.65. The van der Waals surface area contributed by atoms with Crippen LogP contribution in [-0.2, 0) is 6.54 Å². The first-order valence-corrected chi connectivity index (χ1v) is 7.99. The van der Waals surface area contributed by atoms with Gasteiger partial charge in [0.2, 0.25) is 0 Å². The van der Waals surface area contributed by atoms with Gasteiger partial charge in [-0.25, -0.2) is 9.98 Å². The van der Waals surface area contributed by atoms with Gasteiger partial charge in [-0.1, -0.05) is 30.4 Å². The third kappa shape index (κ3) is 5.05. The highest BCUT2D eigenvalue weighted by molar-refractivity contribution is 14.0. The number of aliphatic imine (C=N–C) groups is 1. The van der Waals surface area contributed by atoms with Crippen molar-refractivity contribution in [1.29, 1.82) is 0 Å². The van der Waals surface area contributed by atoms with Gasteiger partial charge in [0.15, 0.2) is 11.8 Å². The molecule has 0 radical (unpaired) electrons. The number of benzene rings is 1. The number of hydrogen-bond donors (Lipinski definition) is 3. The van der Waals surface area contributed by atoms with Crippen LogP contribution in [0.5, 0.6) is 0 Å². The number of guanidine groups is 1. The van der Waals surface area contributed by atoms with Crippen LogP contribution in [0.2, 0.25) is 0 Å². The van der Waals surface area contributed by atoms with Gasteiger partial charge in [-0.05, 0) is 31.4 Å². The lowest BCUT2D eigenvalue weighted by molar-refractivity contribution is 0.633. The number of nitrogens with one attached hydrogen (secondary N) is 3. The molecule has 0 atom stereocenters. The van der Waals surface area contributed by atoms with E-state index in [1.165, 1.54) is 6.33 Å². The van der Waals surface area contributed by atoms with Crippen LogP contribution < -0.4 is 10.6 Å². The fraction of sp³-hybridized carbons (Fsp3) is 0.353. The van der Waals surface area contributed by atoms with E-state index in [1.54, 1.807) is 0 Å². The van der Waals surface area contributed by atoms with Crippen molar-refractivity contribution in [3.8, 4) is 11.4 Å². The van der Waals surface area contributed by atoms with Gasteiger partial charge in [0.1, 0.15) is 6.33 Å². The fourth-order valence-corrected chi connectivity index (χ4v) is 2.58. The lowest BCUT2D eigenvalue weighted by Crippen LogP contribution is -2.42. The highest BCUT2D eigenvalue weighted by atomic mass is 127. The molecule has 3 N–H and O–H groups in total. The SMILES string of the molecule is CCNC(=NCc1cccc(-c2ncn[nH]2)c1)NC1CC=CC1.I. The van der Waals surface area contributed by atoms with E-state index in [-0.39, 0.29) is 24.0 Å². The van der Waals surface area contributed by atoms with E-state index < -0.39 is 0 Å². The summed E-state index contributed by atoms with van der Waals surface area (Å²) < 4.78 is 0. The summed E-state index contributed by atoms with van der Waals surface area (Å²) in [6.45, 7) is 3.55. The molecule has 0 bridgehead atoms. The molecule has 0 aliphatic heterocycles. The topological polar surface area (TPSA) is 78.0 Å². The lowest BCUT2D eigenvalue weighted by atomic mass is 10.1. The third-order valence-corrected chi connectivity index (χ3v) is 3.73. The second-order valence-corrected chi connectivity index (χ2v) is 5.51. The Kier molecular flexibility index (Phi) is 7.23. The average Bonchev–Trinajstić information content (AvgIpc) is 3.27. The Morgan fingerprint density at radius 3 is 2.88 bits per heavy atom. The standard InChI is InChI=1S/C17H22N6.HI/c1-2-18-17(22-15-8-3-4-9-15)19-11-13-6-5-7-14(10-13)16-20-12-21-23-16;/h3-7,10,12,15H,2,8-9,11H2,1H3,(H2,18,19,22)(H,20,21,23);1H. The number of aromatic amines is 1. The van der Waals surface area contributed by atoms with Crippen LogP contribution in [0.1, 0.15) is 25.3 Å². The van der Waals surface area contributed by atoms with Crippen LogP contribution in [0.25, 0.3) is 11.4 Å². The van der Waals surface area contributed by atoms with E-state index in [0.29, 0.717) is 12.6 Å². The first-order valence-electron chi connectivity index (χ1n) is 7.99. The van der Waals surface area contributed by atoms with Gasteiger partial charge in [-0.2, -0.15) is 5.10 Å². The number of H-pyrrole nitrogens is 1. The molecule has 1 aliphatic carbocycles. The van der Waals surface area contributed by atoms with Crippen molar-refractivity contribution in [1.82, 2.24) is 25.8 Å². The Balaban J connectivity index is 0.00000208. The molecule has 6 nitrogen and oxygen atoms in total. The van der Waals surface area contributed by atoms with Crippen molar-refractivity contribution in [2.24, 2.45) is 4.99 Å². The Morgan fingerprint density at radius 2 is 2.17 bits per heavy atom. The smallest absolute Gasteiger partial charge is 0.191 e. The van der Waals surface area contributed by atoms with Gasteiger partial charge < -0.3 is 10.6 Å². The lowest BCUT2D eigenvalue weighted by Gasteiger charge is -2.16. The van der Waals surface area contributed by atoms with Gasteiger partial charge >= 0.3 is 0 Å². The van der Waals surface area contributed by atoms with Gasteiger partial charge in [0.25, 0.3) is 0 Å². The van der Waals surface area contributed by atoms with Crippen LogP contribution in [0.4, 0.5) is 0 Å². The largest absolute Gasteiger partial charge is 0.357 e. The van der Waals surface area contributed by atoms with Crippen molar-refractivity contribution < 1.29 is 0 Å². The van der Waals surface area contributed by atoms with Crippen LogP contribution in [-0.4, -0.2) is 33.7 Å². The molecular weight excluding hydrogens is 415 g/mol. The summed E-state index contributed by atoms with van der Waals surface area (Å²) in [5.74, 6) is 1.64. The van der Waals surface area contributed by atoms with Gasteiger partial charge in [0, 0.05) is 18.2 Å². The molecule has 24 heavy (non-hydrogen) atoms. The molecule has 0 saturated heterocycles. The maximum atomic E-state index is 4.69. The average molecular weight is 438 g/mol. The Bertz CT molecular complexity index is 672. The quantitative estimate of drug-likeness (QED) is 0.291. The molecule has 128 valence electrons. The molecule has 0 amide bonds. The Morgan fingerprint density at radius 1 is 1.33 bits per heavy atom. The minimum Gasteiger partial charge on any atom is -0.357 e.